The molecule has 2 aromatic rings. The van der Waals surface area contributed by atoms with E-state index in [1.54, 1.807) is 45.3 Å². The van der Waals surface area contributed by atoms with Crippen LogP contribution in [0.1, 0.15) is 42.9 Å². The van der Waals surface area contributed by atoms with Crippen molar-refractivity contribution >= 4 is 21.7 Å². The smallest absolute Gasteiger partial charge is 0.243 e. The first-order valence-electron chi connectivity index (χ1n) is 10.3. The predicted molar refractivity (Wildman–Crippen MR) is 115 cm³/mol. The summed E-state index contributed by atoms with van der Waals surface area (Å²) in [6.07, 6.45) is 2.24. The van der Waals surface area contributed by atoms with Crippen LogP contribution >= 0.6 is 0 Å². The van der Waals surface area contributed by atoms with E-state index in [2.05, 4.69) is 10.3 Å². The lowest BCUT2D eigenvalue weighted by atomic mass is 10.1. The Hall–Kier alpha value is -2.72. The van der Waals surface area contributed by atoms with Gasteiger partial charge in [-0.2, -0.15) is 4.31 Å². The number of anilines is 1. The number of nitrogens with one attached hydrogen (secondary N) is 1. The van der Waals surface area contributed by atoms with E-state index in [0.717, 1.165) is 24.1 Å². The van der Waals surface area contributed by atoms with E-state index >= 15 is 0 Å². The number of fused-ring (bicyclic) bond motifs is 1. The zero-order valence-corrected chi connectivity index (χ0v) is 18.8. The maximum atomic E-state index is 13.2. The lowest BCUT2D eigenvalue weighted by molar-refractivity contribution is -0.129. The fraction of sp³-hybridized carbons (Fsp3) is 0.476. The number of sulfonamides is 1. The highest BCUT2D eigenvalue weighted by molar-refractivity contribution is 7.89. The number of aromatic nitrogens is 2. The average molecular weight is 446 g/mol. The highest BCUT2D eigenvalue weighted by Crippen LogP contribution is 2.34. The minimum Gasteiger partial charge on any atom is -0.497 e. The van der Waals surface area contributed by atoms with E-state index < -0.39 is 10.0 Å². The van der Waals surface area contributed by atoms with Gasteiger partial charge >= 0.3 is 0 Å². The first kappa shape index (κ1) is 21.5. The van der Waals surface area contributed by atoms with Gasteiger partial charge in [-0.15, -0.1) is 0 Å². The highest BCUT2D eigenvalue weighted by atomic mass is 32.2. The number of likely N-dealkylation sites (tertiary alicyclic amines) is 1. The molecule has 1 atom stereocenters. The maximum Gasteiger partial charge on any atom is 0.243 e. The number of amides is 1. The normalized spacial score (nSPS) is 19.2. The molecule has 0 aliphatic carbocycles. The molecule has 2 aliphatic rings. The van der Waals surface area contributed by atoms with Gasteiger partial charge in [-0.1, -0.05) is 0 Å². The van der Waals surface area contributed by atoms with Crippen LogP contribution in [0.15, 0.2) is 29.2 Å². The minimum absolute atomic E-state index is 0.0200. The van der Waals surface area contributed by atoms with E-state index in [-0.39, 0.29) is 23.4 Å². The second kappa shape index (κ2) is 8.43. The number of rotatable bonds is 5. The van der Waals surface area contributed by atoms with Gasteiger partial charge in [0.05, 0.1) is 23.7 Å². The average Bonchev–Trinajstić information content (AvgIpc) is 3.28. The molecule has 1 saturated heterocycles. The van der Waals surface area contributed by atoms with Crippen LogP contribution in [-0.4, -0.2) is 60.7 Å². The zero-order chi connectivity index (χ0) is 22.2. The molecule has 0 spiro atoms. The van der Waals surface area contributed by atoms with E-state index in [9.17, 15) is 13.2 Å². The molecule has 0 bridgehead atoms. The molecule has 0 saturated carbocycles. The third-order valence-corrected chi connectivity index (χ3v) is 7.79. The number of hydrogen-bond acceptors (Lipinski definition) is 7. The number of carbonyl (C=O) groups excluding carboxylic acids is 1. The molecule has 31 heavy (non-hydrogen) atoms. The molecule has 1 aromatic carbocycles. The number of methoxy groups -OCH3 is 1. The van der Waals surface area contributed by atoms with Crippen molar-refractivity contribution in [1.29, 1.82) is 0 Å². The Labute approximate surface area is 182 Å². The van der Waals surface area contributed by atoms with Gasteiger partial charge in [0, 0.05) is 45.6 Å². The Morgan fingerprint density at radius 1 is 1.19 bits per heavy atom. The molecule has 3 heterocycles. The largest absolute Gasteiger partial charge is 0.497 e. The van der Waals surface area contributed by atoms with Crippen molar-refractivity contribution in [3.8, 4) is 5.75 Å². The molecular formula is C21H27N5O4S. The molecule has 10 heteroatoms. The van der Waals surface area contributed by atoms with E-state index in [0.29, 0.717) is 36.9 Å². The van der Waals surface area contributed by atoms with Crippen LogP contribution in [0.2, 0.25) is 0 Å². The lowest BCUT2D eigenvalue weighted by Gasteiger charge is -2.30. The minimum atomic E-state index is -3.66. The van der Waals surface area contributed by atoms with Crippen LogP contribution < -0.4 is 10.1 Å². The number of carbonyl (C=O) groups is 1. The molecule has 1 N–H and O–H groups in total. The van der Waals surface area contributed by atoms with E-state index in [4.69, 9.17) is 9.72 Å². The summed E-state index contributed by atoms with van der Waals surface area (Å²) < 4.78 is 32.9. The van der Waals surface area contributed by atoms with Crippen molar-refractivity contribution < 1.29 is 17.9 Å². The van der Waals surface area contributed by atoms with Crippen LogP contribution in [0.25, 0.3) is 0 Å². The molecule has 2 aliphatic heterocycles. The van der Waals surface area contributed by atoms with Gasteiger partial charge in [0.2, 0.25) is 15.9 Å². The van der Waals surface area contributed by atoms with Crippen molar-refractivity contribution in [3.05, 3.63) is 41.3 Å². The second-order valence-corrected chi connectivity index (χ2v) is 9.68. The summed E-state index contributed by atoms with van der Waals surface area (Å²) >= 11 is 0. The predicted octanol–water partition coefficient (Wildman–Crippen LogP) is 1.96. The van der Waals surface area contributed by atoms with Gasteiger partial charge < -0.3 is 15.0 Å². The fourth-order valence-corrected chi connectivity index (χ4v) is 5.69. The Morgan fingerprint density at radius 2 is 1.94 bits per heavy atom. The molecule has 0 unspecified atom stereocenters. The zero-order valence-electron chi connectivity index (χ0n) is 18.0. The third kappa shape index (κ3) is 3.97. The number of nitrogens with zero attached hydrogens (tertiary/aromatic N) is 4. The van der Waals surface area contributed by atoms with Gasteiger partial charge in [-0.25, -0.2) is 18.4 Å². The van der Waals surface area contributed by atoms with Crippen molar-refractivity contribution in [2.24, 2.45) is 0 Å². The Morgan fingerprint density at radius 3 is 2.58 bits per heavy atom. The summed E-state index contributed by atoms with van der Waals surface area (Å²) in [6, 6.07) is 6.26. The third-order valence-electron chi connectivity index (χ3n) is 5.93. The van der Waals surface area contributed by atoms with Gasteiger partial charge in [0.1, 0.15) is 11.6 Å². The topological polar surface area (TPSA) is 105 Å². The number of ether oxygens (including phenoxy) is 1. The summed E-state index contributed by atoms with van der Waals surface area (Å²) in [5, 5.41) is 3.10. The first-order chi connectivity index (χ1) is 14.8. The molecule has 1 aromatic heterocycles. The summed E-state index contributed by atoms with van der Waals surface area (Å²) in [5.41, 5.74) is 1.62. The highest BCUT2D eigenvalue weighted by Gasteiger charge is 2.34. The van der Waals surface area contributed by atoms with E-state index in [1.165, 1.54) is 4.31 Å². The molecule has 0 radical (unpaired) electrons. The monoisotopic (exact) mass is 445 g/mol. The molecule has 1 amide bonds. The maximum absolute atomic E-state index is 13.2. The summed E-state index contributed by atoms with van der Waals surface area (Å²) in [6.45, 7) is 2.81. The molecule has 9 nitrogen and oxygen atoms in total. The van der Waals surface area contributed by atoms with Crippen molar-refractivity contribution in [2.75, 3.05) is 32.6 Å². The van der Waals surface area contributed by atoms with E-state index in [1.807, 2.05) is 4.90 Å². The molecule has 4 rings (SSSR count). The van der Waals surface area contributed by atoms with Gasteiger partial charge in [0.25, 0.3) is 0 Å². The molecule has 166 valence electrons. The van der Waals surface area contributed by atoms with Crippen LogP contribution in [0.4, 0.5) is 5.82 Å². The quantitative estimate of drug-likeness (QED) is 0.750. The van der Waals surface area contributed by atoms with Gasteiger partial charge in [0.15, 0.2) is 5.82 Å². The Kier molecular flexibility index (Phi) is 5.85. The van der Waals surface area contributed by atoms with Crippen molar-refractivity contribution in [3.63, 3.8) is 0 Å². The number of benzene rings is 1. The summed E-state index contributed by atoms with van der Waals surface area (Å²) in [7, 11) is -0.353. The Bertz CT molecular complexity index is 1070. The molecular weight excluding hydrogens is 418 g/mol. The van der Waals surface area contributed by atoms with Crippen LogP contribution in [0, 0.1) is 0 Å². The first-order valence-corrected chi connectivity index (χ1v) is 11.8. The standard InChI is InChI=1S/C21H27N5O4S/c1-14(27)26-11-4-5-19(26)21-23-18-10-12-25(13-17(18)20(22-2)24-21)31(28,29)16-8-6-15(30-3)7-9-16/h6-9,19H,4-5,10-13H2,1-3H3,(H,22,23,24)/t19-/m0/s1. The van der Waals surface area contributed by atoms with Crippen LogP contribution in [0.3, 0.4) is 0 Å². The van der Waals surface area contributed by atoms with Crippen LogP contribution in [-0.2, 0) is 27.8 Å². The van der Waals surface area contributed by atoms with Crippen molar-refractivity contribution in [2.45, 2.75) is 43.7 Å². The van der Waals surface area contributed by atoms with Gasteiger partial charge in [-0.3, -0.25) is 4.79 Å². The fourth-order valence-electron chi connectivity index (χ4n) is 4.28. The lowest BCUT2D eigenvalue weighted by Crippen LogP contribution is -2.37. The summed E-state index contributed by atoms with van der Waals surface area (Å²) in [5.74, 6) is 1.87. The van der Waals surface area contributed by atoms with Crippen molar-refractivity contribution in [1.82, 2.24) is 19.2 Å². The SMILES string of the molecule is CNc1nc([C@@H]2CCCN2C(C)=O)nc2c1CN(S(=O)(=O)c1ccc(OC)cc1)CC2. The summed E-state index contributed by atoms with van der Waals surface area (Å²) in [4.78, 5) is 23.5. The van der Waals surface area contributed by atoms with Gasteiger partial charge in [-0.05, 0) is 37.1 Å². The van der Waals surface area contributed by atoms with Crippen LogP contribution in [0.5, 0.6) is 5.75 Å². The second-order valence-electron chi connectivity index (χ2n) is 7.74. The number of hydrogen-bond donors (Lipinski definition) is 1. The Balaban J connectivity index is 1.64. The molecule has 1 fully saturated rings.